The van der Waals surface area contributed by atoms with Crippen molar-refractivity contribution >= 4 is 11.7 Å². The number of rotatable bonds is 3. The number of hydrogen-bond acceptors (Lipinski definition) is 3. The van der Waals surface area contributed by atoms with Crippen LogP contribution in [0.1, 0.15) is 21.5 Å². The second-order valence-electron chi connectivity index (χ2n) is 4.18. The third kappa shape index (κ3) is 2.91. The van der Waals surface area contributed by atoms with E-state index in [9.17, 15) is 9.18 Å². The molecule has 2 aromatic carbocycles. The maximum absolute atomic E-state index is 13.1. The van der Waals surface area contributed by atoms with E-state index in [-0.39, 0.29) is 11.7 Å². The van der Waals surface area contributed by atoms with Crippen LogP contribution in [-0.4, -0.2) is 13.1 Å². The number of anilines is 1. The van der Waals surface area contributed by atoms with Crippen molar-refractivity contribution in [3.05, 3.63) is 65.0 Å². The lowest BCUT2D eigenvalue weighted by atomic mass is 9.99. The first-order chi connectivity index (χ1) is 9.11. The van der Waals surface area contributed by atoms with E-state index in [2.05, 4.69) is 0 Å². The summed E-state index contributed by atoms with van der Waals surface area (Å²) in [5, 5.41) is 0. The van der Waals surface area contributed by atoms with Crippen LogP contribution in [0, 0.1) is 5.82 Å². The van der Waals surface area contributed by atoms with Gasteiger partial charge in [0.1, 0.15) is 5.82 Å². The van der Waals surface area contributed by atoms with Gasteiger partial charge in [-0.1, -0.05) is 24.3 Å². The highest BCUT2D eigenvalue weighted by Gasteiger charge is 2.11. The van der Waals surface area contributed by atoms with Gasteiger partial charge < -0.3 is 10.5 Å². The first kappa shape index (κ1) is 13.1. The number of nitrogen functional groups attached to an aromatic ring is 1. The molecule has 0 spiro atoms. The molecule has 0 aliphatic heterocycles. The van der Waals surface area contributed by atoms with Crippen molar-refractivity contribution in [1.82, 2.24) is 0 Å². The largest absolute Gasteiger partial charge is 0.465 e. The van der Waals surface area contributed by atoms with Crippen LogP contribution in [-0.2, 0) is 11.2 Å². The van der Waals surface area contributed by atoms with Crippen molar-refractivity contribution in [2.24, 2.45) is 0 Å². The van der Waals surface area contributed by atoms with Gasteiger partial charge in [0, 0.05) is 0 Å². The summed E-state index contributed by atoms with van der Waals surface area (Å²) >= 11 is 0. The van der Waals surface area contributed by atoms with Gasteiger partial charge in [0.25, 0.3) is 0 Å². The lowest BCUT2D eigenvalue weighted by Crippen LogP contribution is -2.06. The molecule has 0 saturated carbocycles. The fraction of sp³-hybridized carbons (Fsp3) is 0.133. The van der Waals surface area contributed by atoms with E-state index in [0.717, 1.165) is 11.1 Å². The van der Waals surface area contributed by atoms with Crippen molar-refractivity contribution in [3.63, 3.8) is 0 Å². The molecule has 0 saturated heterocycles. The van der Waals surface area contributed by atoms with Gasteiger partial charge in [-0.15, -0.1) is 0 Å². The van der Waals surface area contributed by atoms with Gasteiger partial charge >= 0.3 is 5.97 Å². The zero-order valence-electron chi connectivity index (χ0n) is 10.5. The summed E-state index contributed by atoms with van der Waals surface area (Å²) in [5.41, 5.74) is 7.81. The highest BCUT2D eigenvalue weighted by atomic mass is 19.1. The number of hydrogen-bond donors (Lipinski definition) is 1. The van der Waals surface area contributed by atoms with Crippen LogP contribution in [0.15, 0.2) is 42.5 Å². The van der Waals surface area contributed by atoms with Crippen LogP contribution < -0.4 is 5.73 Å². The minimum absolute atomic E-state index is 0.105. The van der Waals surface area contributed by atoms with Crippen LogP contribution in [0.2, 0.25) is 0 Å². The standard InChI is InChI=1S/C15H14FNO2/c1-19-15(18)12-5-3-2-4-11(12)8-10-6-7-13(16)14(17)9-10/h2-7,9H,8,17H2,1H3. The monoisotopic (exact) mass is 259 g/mol. The molecular formula is C15H14FNO2. The molecule has 3 nitrogen and oxygen atoms in total. The topological polar surface area (TPSA) is 52.3 Å². The SMILES string of the molecule is COC(=O)c1ccccc1Cc1ccc(F)c(N)c1. The molecule has 0 aliphatic carbocycles. The minimum atomic E-state index is -0.440. The van der Waals surface area contributed by atoms with E-state index in [4.69, 9.17) is 10.5 Å². The summed E-state index contributed by atoms with van der Waals surface area (Å²) in [7, 11) is 1.34. The number of methoxy groups -OCH3 is 1. The number of carbonyl (C=O) groups is 1. The van der Waals surface area contributed by atoms with Crippen LogP contribution >= 0.6 is 0 Å². The summed E-state index contributed by atoms with van der Waals surface area (Å²) in [4.78, 5) is 11.6. The number of benzene rings is 2. The quantitative estimate of drug-likeness (QED) is 0.681. The number of halogens is 1. The third-order valence-electron chi connectivity index (χ3n) is 2.88. The lowest BCUT2D eigenvalue weighted by molar-refractivity contribution is 0.0599. The molecule has 0 fully saturated rings. The zero-order chi connectivity index (χ0) is 13.8. The Bertz CT molecular complexity index is 611. The van der Waals surface area contributed by atoms with Gasteiger partial charge in [0.05, 0.1) is 18.4 Å². The molecule has 4 heteroatoms. The highest BCUT2D eigenvalue weighted by molar-refractivity contribution is 5.91. The average molecular weight is 259 g/mol. The van der Waals surface area contributed by atoms with E-state index in [1.807, 2.05) is 12.1 Å². The fourth-order valence-corrected chi connectivity index (χ4v) is 1.91. The van der Waals surface area contributed by atoms with Gasteiger partial charge in [-0.25, -0.2) is 9.18 Å². The predicted octanol–water partition coefficient (Wildman–Crippen LogP) is 2.79. The molecule has 0 atom stereocenters. The first-order valence-corrected chi connectivity index (χ1v) is 5.82. The van der Waals surface area contributed by atoms with Gasteiger partial charge in [-0.3, -0.25) is 0 Å². The molecule has 0 aliphatic rings. The number of esters is 1. The molecule has 0 unspecified atom stereocenters. The molecule has 19 heavy (non-hydrogen) atoms. The predicted molar refractivity (Wildman–Crippen MR) is 71.4 cm³/mol. The van der Waals surface area contributed by atoms with Crippen LogP contribution in [0.3, 0.4) is 0 Å². The van der Waals surface area contributed by atoms with Crippen molar-refractivity contribution in [2.45, 2.75) is 6.42 Å². The van der Waals surface area contributed by atoms with Gasteiger partial charge in [0.15, 0.2) is 0 Å². The molecule has 0 amide bonds. The summed E-state index contributed by atoms with van der Waals surface area (Å²) in [6, 6.07) is 11.7. The summed E-state index contributed by atoms with van der Waals surface area (Å²) in [6.45, 7) is 0. The first-order valence-electron chi connectivity index (χ1n) is 5.82. The Labute approximate surface area is 110 Å². The van der Waals surface area contributed by atoms with Gasteiger partial charge in [-0.05, 0) is 35.7 Å². The van der Waals surface area contributed by atoms with Crippen molar-refractivity contribution in [1.29, 1.82) is 0 Å². The smallest absolute Gasteiger partial charge is 0.338 e. The van der Waals surface area contributed by atoms with Crippen molar-refractivity contribution < 1.29 is 13.9 Å². The van der Waals surface area contributed by atoms with E-state index >= 15 is 0 Å². The Morgan fingerprint density at radius 3 is 2.68 bits per heavy atom. The fourth-order valence-electron chi connectivity index (χ4n) is 1.91. The van der Waals surface area contributed by atoms with E-state index in [0.29, 0.717) is 12.0 Å². The third-order valence-corrected chi connectivity index (χ3v) is 2.88. The number of nitrogens with two attached hydrogens (primary N) is 1. The maximum atomic E-state index is 13.1. The Hall–Kier alpha value is -2.36. The Morgan fingerprint density at radius 1 is 1.26 bits per heavy atom. The Kier molecular flexibility index (Phi) is 3.80. The molecule has 0 radical (unpaired) electrons. The molecule has 0 bridgehead atoms. The number of ether oxygens (including phenoxy) is 1. The van der Waals surface area contributed by atoms with Crippen molar-refractivity contribution in [2.75, 3.05) is 12.8 Å². The molecule has 98 valence electrons. The van der Waals surface area contributed by atoms with Crippen LogP contribution in [0.25, 0.3) is 0 Å². The second-order valence-corrected chi connectivity index (χ2v) is 4.18. The molecule has 0 aromatic heterocycles. The summed E-state index contributed by atoms with van der Waals surface area (Å²) < 4.78 is 17.8. The molecule has 2 rings (SSSR count). The lowest BCUT2D eigenvalue weighted by Gasteiger charge is -2.08. The average Bonchev–Trinajstić information content (AvgIpc) is 2.43. The van der Waals surface area contributed by atoms with Crippen LogP contribution in [0.5, 0.6) is 0 Å². The second kappa shape index (κ2) is 5.52. The zero-order valence-corrected chi connectivity index (χ0v) is 10.5. The molecule has 0 heterocycles. The van der Waals surface area contributed by atoms with Crippen molar-refractivity contribution in [3.8, 4) is 0 Å². The summed E-state index contributed by atoms with van der Waals surface area (Å²) in [6.07, 6.45) is 0.496. The number of carbonyl (C=O) groups excluding carboxylic acids is 1. The van der Waals surface area contributed by atoms with E-state index < -0.39 is 5.82 Å². The van der Waals surface area contributed by atoms with E-state index in [1.54, 1.807) is 24.3 Å². The highest BCUT2D eigenvalue weighted by Crippen LogP contribution is 2.18. The van der Waals surface area contributed by atoms with E-state index in [1.165, 1.54) is 13.2 Å². The minimum Gasteiger partial charge on any atom is -0.465 e. The van der Waals surface area contributed by atoms with Crippen LogP contribution in [0.4, 0.5) is 10.1 Å². The maximum Gasteiger partial charge on any atom is 0.338 e. The molecular weight excluding hydrogens is 245 g/mol. The van der Waals surface area contributed by atoms with Gasteiger partial charge in [-0.2, -0.15) is 0 Å². The molecule has 2 aromatic rings. The Balaban J connectivity index is 2.32. The van der Waals surface area contributed by atoms with Gasteiger partial charge in [0.2, 0.25) is 0 Å². The normalized spacial score (nSPS) is 10.2. The summed E-state index contributed by atoms with van der Waals surface area (Å²) in [5.74, 6) is -0.823. The molecule has 2 N–H and O–H groups in total. The Morgan fingerprint density at radius 2 is 2.00 bits per heavy atom.